The molecule has 0 atom stereocenters. The number of carbonyl (C=O) groups excluding carboxylic acids is 2. The van der Waals surface area contributed by atoms with Gasteiger partial charge in [-0.2, -0.15) is 0 Å². The predicted molar refractivity (Wildman–Crippen MR) is 103 cm³/mol. The Morgan fingerprint density at radius 1 is 1.00 bits per heavy atom. The first-order valence-electron chi connectivity index (χ1n) is 10.1. The standard InChI is InChI=1S/C20H30N4O3/c1-2-27-19-17(8-7-9-21-19)20(26)24-14-12-22(13-15-24)16-18(25)23-10-5-3-4-6-11-23/h7-9H,2-6,10-16H2,1H3. The van der Waals surface area contributed by atoms with Crippen LogP contribution in [0, 0.1) is 0 Å². The molecule has 2 amide bonds. The Balaban J connectivity index is 1.51. The summed E-state index contributed by atoms with van der Waals surface area (Å²) in [5.74, 6) is 0.566. The van der Waals surface area contributed by atoms with Gasteiger partial charge >= 0.3 is 0 Å². The maximum Gasteiger partial charge on any atom is 0.259 e. The third kappa shape index (κ3) is 5.19. The van der Waals surface area contributed by atoms with Gasteiger partial charge in [-0.3, -0.25) is 14.5 Å². The van der Waals surface area contributed by atoms with E-state index in [2.05, 4.69) is 9.88 Å². The zero-order valence-electron chi connectivity index (χ0n) is 16.2. The Labute approximate surface area is 161 Å². The summed E-state index contributed by atoms with van der Waals surface area (Å²) < 4.78 is 5.48. The van der Waals surface area contributed by atoms with Crippen LogP contribution in [0.5, 0.6) is 5.88 Å². The van der Waals surface area contributed by atoms with E-state index in [1.807, 2.05) is 16.7 Å². The van der Waals surface area contributed by atoms with Crippen molar-refractivity contribution in [3.63, 3.8) is 0 Å². The van der Waals surface area contributed by atoms with Crippen LogP contribution in [0.4, 0.5) is 0 Å². The van der Waals surface area contributed by atoms with E-state index in [0.29, 0.717) is 37.7 Å². The van der Waals surface area contributed by atoms with Gasteiger partial charge in [-0.05, 0) is 31.9 Å². The van der Waals surface area contributed by atoms with E-state index in [-0.39, 0.29) is 11.8 Å². The lowest BCUT2D eigenvalue weighted by atomic mass is 10.2. The van der Waals surface area contributed by atoms with Crippen LogP contribution in [0.3, 0.4) is 0 Å². The first-order chi connectivity index (χ1) is 13.2. The molecule has 0 saturated carbocycles. The van der Waals surface area contributed by atoms with Gasteiger partial charge in [-0.15, -0.1) is 0 Å². The molecule has 1 aromatic rings. The molecule has 2 fully saturated rings. The molecule has 0 spiro atoms. The second kappa shape index (κ2) is 9.69. The molecule has 0 radical (unpaired) electrons. The van der Waals surface area contributed by atoms with Gasteiger partial charge in [0.1, 0.15) is 5.56 Å². The summed E-state index contributed by atoms with van der Waals surface area (Å²) in [5.41, 5.74) is 0.508. The first kappa shape index (κ1) is 19.6. The van der Waals surface area contributed by atoms with Gasteiger partial charge < -0.3 is 14.5 Å². The van der Waals surface area contributed by atoms with Crippen LogP contribution in [0.25, 0.3) is 0 Å². The molecule has 7 heteroatoms. The number of rotatable bonds is 5. The number of amides is 2. The van der Waals surface area contributed by atoms with Gasteiger partial charge in [0.25, 0.3) is 5.91 Å². The van der Waals surface area contributed by atoms with Crippen LogP contribution in [0.1, 0.15) is 43.0 Å². The predicted octanol–water partition coefficient (Wildman–Crippen LogP) is 1.64. The Morgan fingerprint density at radius 3 is 2.37 bits per heavy atom. The topological polar surface area (TPSA) is 66.0 Å². The van der Waals surface area contributed by atoms with Crippen molar-refractivity contribution in [3.05, 3.63) is 23.9 Å². The quantitative estimate of drug-likeness (QED) is 0.784. The minimum absolute atomic E-state index is 0.0509. The van der Waals surface area contributed by atoms with Crippen LogP contribution in [-0.4, -0.2) is 83.9 Å². The molecule has 0 N–H and O–H groups in total. The summed E-state index contributed by atoms with van der Waals surface area (Å²) in [6.45, 7) is 7.26. The highest BCUT2D eigenvalue weighted by atomic mass is 16.5. The van der Waals surface area contributed by atoms with Crippen LogP contribution in [-0.2, 0) is 4.79 Å². The monoisotopic (exact) mass is 374 g/mol. The fourth-order valence-corrected chi connectivity index (χ4v) is 3.70. The highest BCUT2D eigenvalue weighted by Gasteiger charge is 2.26. The second-order valence-corrected chi connectivity index (χ2v) is 7.15. The normalized spacial score (nSPS) is 18.9. The Kier molecular flexibility index (Phi) is 7.04. The summed E-state index contributed by atoms with van der Waals surface area (Å²) >= 11 is 0. The minimum atomic E-state index is -0.0509. The molecule has 2 aliphatic rings. The van der Waals surface area contributed by atoms with E-state index >= 15 is 0 Å². The lowest BCUT2D eigenvalue weighted by molar-refractivity contribution is -0.132. The van der Waals surface area contributed by atoms with E-state index in [1.54, 1.807) is 18.3 Å². The number of hydrogen-bond acceptors (Lipinski definition) is 5. The van der Waals surface area contributed by atoms with Crippen molar-refractivity contribution in [1.29, 1.82) is 0 Å². The van der Waals surface area contributed by atoms with E-state index < -0.39 is 0 Å². The van der Waals surface area contributed by atoms with Crippen LogP contribution >= 0.6 is 0 Å². The summed E-state index contributed by atoms with van der Waals surface area (Å²) in [7, 11) is 0. The summed E-state index contributed by atoms with van der Waals surface area (Å²) in [5, 5.41) is 0. The SMILES string of the molecule is CCOc1ncccc1C(=O)N1CCN(CC(=O)N2CCCCCC2)CC1. The highest BCUT2D eigenvalue weighted by Crippen LogP contribution is 2.18. The van der Waals surface area contributed by atoms with Crippen molar-refractivity contribution >= 4 is 11.8 Å². The zero-order valence-corrected chi connectivity index (χ0v) is 16.2. The maximum absolute atomic E-state index is 12.8. The maximum atomic E-state index is 12.8. The number of pyridine rings is 1. The van der Waals surface area contributed by atoms with Crippen molar-refractivity contribution in [1.82, 2.24) is 19.7 Å². The van der Waals surface area contributed by atoms with Crippen molar-refractivity contribution in [3.8, 4) is 5.88 Å². The van der Waals surface area contributed by atoms with Crippen molar-refractivity contribution < 1.29 is 14.3 Å². The Morgan fingerprint density at radius 2 is 1.70 bits per heavy atom. The molecule has 2 saturated heterocycles. The lowest BCUT2D eigenvalue weighted by Crippen LogP contribution is -2.51. The largest absolute Gasteiger partial charge is 0.477 e. The number of piperazine rings is 1. The van der Waals surface area contributed by atoms with Gasteiger partial charge in [-0.1, -0.05) is 12.8 Å². The number of ether oxygens (including phenoxy) is 1. The van der Waals surface area contributed by atoms with Crippen molar-refractivity contribution in [2.45, 2.75) is 32.6 Å². The molecular weight excluding hydrogens is 344 g/mol. The van der Waals surface area contributed by atoms with Crippen molar-refractivity contribution in [2.24, 2.45) is 0 Å². The zero-order chi connectivity index (χ0) is 19.1. The molecule has 3 rings (SSSR count). The average Bonchev–Trinajstić information content (AvgIpc) is 2.98. The van der Waals surface area contributed by atoms with Gasteiger partial charge in [0.05, 0.1) is 13.2 Å². The number of nitrogens with zero attached hydrogens (tertiary/aromatic N) is 4. The summed E-state index contributed by atoms with van der Waals surface area (Å²) in [4.78, 5) is 35.5. The fraction of sp³-hybridized carbons (Fsp3) is 0.650. The van der Waals surface area contributed by atoms with E-state index in [9.17, 15) is 9.59 Å². The molecule has 27 heavy (non-hydrogen) atoms. The lowest BCUT2D eigenvalue weighted by Gasteiger charge is -2.35. The molecule has 0 aliphatic carbocycles. The molecule has 1 aromatic heterocycles. The molecule has 0 aromatic carbocycles. The number of hydrogen-bond donors (Lipinski definition) is 0. The van der Waals surface area contributed by atoms with E-state index in [4.69, 9.17) is 4.74 Å². The van der Waals surface area contributed by atoms with Crippen LogP contribution in [0.2, 0.25) is 0 Å². The molecule has 7 nitrogen and oxygen atoms in total. The number of carbonyl (C=O) groups is 2. The van der Waals surface area contributed by atoms with Gasteiger partial charge in [0.15, 0.2) is 0 Å². The van der Waals surface area contributed by atoms with Crippen molar-refractivity contribution in [2.75, 3.05) is 52.4 Å². The third-order valence-corrected chi connectivity index (χ3v) is 5.26. The summed E-state index contributed by atoms with van der Waals surface area (Å²) in [6.07, 6.45) is 6.31. The van der Waals surface area contributed by atoms with Gasteiger partial charge in [0.2, 0.25) is 11.8 Å². The molecule has 2 aliphatic heterocycles. The van der Waals surface area contributed by atoms with Crippen LogP contribution in [0.15, 0.2) is 18.3 Å². The van der Waals surface area contributed by atoms with Gasteiger partial charge in [0, 0.05) is 45.5 Å². The van der Waals surface area contributed by atoms with Gasteiger partial charge in [-0.25, -0.2) is 4.98 Å². The molecule has 148 valence electrons. The van der Waals surface area contributed by atoms with Crippen LogP contribution < -0.4 is 4.74 Å². The second-order valence-electron chi connectivity index (χ2n) is 7.15. The fourth-order valence-electron chi connectivity index (χ4n) is 3.70. The Hall–Kier alpha value is -2.15. The van der Waals surface area contributed by atoms with E-state index in [0.717, 1.165) is 39.0 Å². The number of aromatic nitrogens is 1. The minimum Gasteiger partial charge on any atom is -0.477 e. The molecule has 0 unspecified atom stereocenters. The summed E-state index contributed by atoms with van der Waals surface area (Å²) in [6, 6.07) is 3.52. The average molecular weight is 374 g/mol. The molecule has 3 heterocycles. The molecule has 0 bridgehead atoms. The highest BCUT2D eigenvalue weighted by molar-refractivity contribution is 5.96. The number of likely N-dealkylation sites (tertiary alicyclic amines) is 1. The smallest absolute Gasteiger partial charge is 0.259 e. The third-order valence-electron chi connectivity index (χ3n) is 5.26. The first-order valence-corrected chi connectivity index (χ1v) is 10.1. The Bertz CT molecular complexity index is 636. The molecular formula is C20H30N4O3. The van der Waals surface area contributed by atoms with E-state index in [1.165, 1.54) is 12.8 Å².